The van der Waals surface area contributed by atoms with Crippen LogP contribution in [0.25, 0.3) is 0 Å². The van der Waals surface area contributed by atoms with Crippen molar-refractivity contribution < 1.29 is 4.74 Å². The molecule has 2 heteroatoms. The van der Waals surface area contributed by atoms with Crippen molar-refractivity contribution in [2.45, 2.75) is 6.04 Å². The first kappa shape index (κ1) is 11.4. The van der Waals surface area contributed by atoms with Crippen molar-refractivity contribution in [2.24, 2.45) is 5.73 Å². The van der Waals surface area contributed by atoms with E-state index in [1.54, 1.807) is 6.08 Å². The lowest BCUT2D eigenvalue weighted by molar-refractivity contribution is 0.481. The molecule has 2 aromatic rings. The van der Waals surface area contributed by atoms with E-state index in [1.807, 2.05) is 54.6 Å². The zero-order valence-corrected chi connectivity index (χ0v) is 9.54. The van der Waals surface area contributed by atoms with Gasteiger partial charge in [-0.25, -0.2) is 0 Å². The molecule has 2 rings (SSSR count). The molecule has 0 aliphatic rings. The molecule has 0 aromatic heterocycles. The fourth-order valence-electron chi connectivity index (χ4n) is 1.55. The molecule has 1 atom stereocenters. The Labute approximate surface area is 101 Å². The number of benzene rings is 2. The van der Waals surface area contributed by atoms with E-state index in [2.05, 4.69) is 6.58 Å². The van der Waals surface area contributed by atoms with Gasteiger partial charge in [0.25, 0.3) is 0 Å². The summed E-state index contributed by atoms with van der Waals surface area (Å²) in [6, 6.07) is 17.2. The van der Waals surface area contributed by atoms with Crippen molar-refractivity contribution >= 4 is 0 Å². The highest BCUT2D eigenvalue weighted by Crippen LogP contribution is 2.23. The van der Waals surface area contributed by atoms with E-state index in [4.69, 9.17) is 10.5 Å². The van der Waals surface area contributed by atoms with Crippen LogP contribution < -0.4 is 10.5 Å². The first-order valence-electron chi connectivity index (χ1n) is 5.50. The van der Waals surface area contributed by atoms with Gasteiger partial charge in [-0.05, 0) is 29.8 Å². The largest absolute Gasteiger partial charge is 0.457 e. The van der Waals surface area contributed by atoms with Gasteiger partial charge in [0.05, 0.1) is 0 Å². The lowest BCUT2D eigenvalue weighted by Crippen LogP contribution is -2.06. The molecule has 0 heterocycles. The molecule has 0 fully saturated rings. The standard InChI is InChI=1S/C15H15NO/c1-2-15(16)12-7-6-10-14(11-12)17-13-8-4-3-5-9-13/h2-11,15H,1,16H2/t15-/m1/s1. The van der Waals surface area contributed by atoms with E-state index in [0.717, 1.165) is 17.1 Å². The molecule has 0 aliphatic heterocycles. The summed E-state index contributed by atoms with van der Waals surface area (Å²) in [7, 11) is 0. The lowest BCUT2D eigenvalue weighted by atomic mass is 10.1. The summed E-state index contributed by atoms with van der Waals surface area (Å²) in [4.78, 5) is 0. The normalized spacial score (nSPS) is 11.8. The zero-order chi connectivity index (χ0) is 12.1. The Hall–Kier alpha value is -2.06. The molecular weight excluding hydrogens is 210 g/mol. The summed E-state index contributed by atoms with van der Waals surface area (Å²) >= 11 is 0. The SMILES string of the molecule is C=C[C@@H](N)c1cccc(Oc2ccccc2)c1. The van der Waals surface area contributed by atoms with Crippen molar-refractivity contribution in [3.05, 3.63) is 72.8 Å². The number of ether oxygens (including phenoxy) is 1. The van der Waals surface area contributed by atoms with Gasteiger partial charge in [-0.15, -0.1) is 6.58 Å². The Kier molecular flexibility index (Phi) is 3.58. The maximum Gasteiger partial charge on any atom is 0.127 e. The molecular formula is C15H15NO. The second-order valence-corrected chi connectivity index (χ2v) is 3.75. The topological polar surface area (TPSA) is 35.2 Å². The monoisotopic (exact) mass is 225 g/mol. The van der Waals surface area contributed by atoms with Crippen molar-refractivity contribution in [3.63, 3.8) is 0 Å². The van der Waals surface area contributed by atoms with Crippen molar-refractivity contribution in [1.29, 1.82) is 0 Å². The third kappa shape index (κ3) is 2.95. The van der Waals surface area contributed by atoms with E-state index in [-0.39, 0.29) is 6.04 Å². The molecule has 0 unspecified atom stereocenters. The average Bonchev–Trinajstić information content (AvgIpc) is 2.39. The van der Waals surface area contributed by atoms with Gasteiger partial charge in [0.15, 0.2) is 0 Å². The minimum Gasteiger partial charge on any atom is -0.457 e. The van der Waals surface area contributed by atoms with Gasteiger partial charge in [0.2, 0.25) is 0 Å². The highest BCUT2D eigenvalue weighted by molar-refractivity contribution is 5.35. The molecule has 0 radical (unpaired) electrons. The maximum absolute atomic E-state index is 5.88. The lowest BCUT2D eigenvalue weighted by Gasteiger charge is -2.10. The number of hydrogen-bond donors (Lipinski definition) is 1. The summed E-state index contributed by atoms with van der Waals surface area (Å²) in [5.41, 5.74) is 6.88. The van der Waals surface area contributed by atoms with Crippen LogP contribution in [-0.2, 0) is 0 Å². The van der Waals surface area contributed by atoms with Crippen molar-refractivity contribution in [1.82, 2.24) is 0 Å². The van der Waals surface area contributed by atoms with Crippen molar-refractivity contribution in [3.8, 4) is 11.5 Å². The van der Waals surface area contributed by atoms with Crippen LogP contribution in [-0.4, -0.2) is 0 Å². The van der Waals surface area contributed by atoms with Gasteiger partial charge < -0.3 is 10.5 Å². The number of rotatable bonds is 4. The molecule has 0 saturated heterocycles. The van der Waals surface area contributed by atoms with E-state index < -0.39 is 0 Å². The molecule has 0 saturated carbocycles. The van der Waals surface area contributed by atoms with Crippen LogP contribution >= 0.6 is 0 Å². The summed E-state index contributed by atoms with van der Waals surface area (Å²) in [5.74, 6) is 1.60. The fraction of sp³-hybridized carbons (Fsp3) is 0.0667. The van der Waals surface area contributed by atoms with Gasteiger partial charge in [0.1, 0.15) is 11.5 Å². The third-order valence-corrected chi connectivity index (χ3v) is 2.48. The van der Waals surface area contributed by atoms with Crippen LogP contribution in [0.15, 0.2) is 67.3 Å². The van der Waals surface area contributed by atoms with Gasteiger partial charge in [-0.3, -0.25) is 0 Å². The zero-order valence-electron chi connectivity index (χ0n) is 9.54. The Morgan fingerprint density at radius 1 is 1.00 bits per heavy atom. The summed E-state index contributed by atoms with van der Waals surface area (Å²) in [5, 5.41) is 0. The van der Waals surface area contributed by atoms with Crippen molar-refractivity contribution in [2.75, 3.05) is 0 Å². The first-order valence-corrected chi connectivity index (χ1v) is 5.50. The highest BCUT2D eigenvalue weighted by Gasteiger charge is 2.03. The number of nitrogens with two attached hydrogens (primary N) is 1. The third-order valence-electron chi connectivity index (χ3n) is 2.48. The van der Waals surface area contributed by atoms with Crippen LogP contribution in [0.4, 0.5) is 0 Å². The van der Waals surface area contributed by atoms with Gasteiger partial charge in [0, 0.05) is 6.04 Å². The summed E-state index contributed by atoms with van der Waals surface area (Å²) < 4.78 is 5.72. The van der Waals surface area contributed by atoms with E-state index >= 15 is 0 Å². The predicted octanol–water partition coefficient (Wildman–Crippen LogP) is 3.66. The number of hydrogen-bond acceptors (Lipinski definition) is 2. The highest BCUT2D eigenvalue weighted by atomic mass is 16.5. The number of para-hydroxylation sites is 1. The predicted molar refractivity (Wildman–Crippen MR) is 70.1 cm³/mol. The van der Waals surface area contributed by atoms with E-state index in [0.29, 0.717) is 0 Å². The summed E-state index contributed by atoms with van der Waals surface area (Å²) in [6.07, 6.45) is 1.71. The van der Waals surface area contributed by atoms with Crippen LogP contribution in [0.3, 0.4) is 0 Å². The Morgan fingerprint density at radius 3 is 2.41 bits per heavy atom. The molecule has 86 valence electrons. The molecule has 0 amide bonds. The maximum atomic E-state index is 5.88. The van der Waals surface area contributed by atoms with Gasteiger partial charge in [-0.1, -0.05) is 36.4 Å². The minimum atomic E-state index is -0.158. The quantitative estimate of drug-likeness (QED) is 0.806. The second kappa shape index (κ2) is 5.32. The van der Waals surface area contributed by atoms with Crippen LogP contribution in [0.1, 0.15) is 11.6 Å². The molecule has 17 heavy (non-hydrogen) atoms. The van der Waals surface area contributed by atoms with Crippen LogP contribution in [0, 0.1) is 0 Å². The summed E-state index contributed by atoms with van der Waals surface area (Å²) in [6.45, 7) is 3.68. The van der Waals surface area contributed by atoms with E-state index in [1.165, 1.54) is 0 Å². The Morgan fingerprint density at radius 2 is 1.71 bits per heavy atom. The van der Waals surface area contributed by atoms with Gasteiger partial charge >= 0.3 is 0 Å². The Bertz CT molecular complexity index is 493. The first-order chi connectivity index (χ1) is 8.29. The van der Waals surface area contributed by atoms with Gasteiger partial charge in [-0.2, -0.15) is 0 Å². The molecule has 2 N–H and O–H groups in total. The molecule has 2 nitrogen and oxygen atoms in total. The smallest absolute Gasteiger partial charge is 0.127 e. The van der Waals surface area contributed by atoms with Crippen LogP contribution in [0.2, 0.25) is 0 Å². The molecule has 0 bridgehead atoms. The minimum absolute atomic E-state index is 0.158. The fourth-order valence-corrected chi connectivity index (χ4v) is 1.55. The molecule has 0 aliphatic carbocycles. The average molecular weight is 225 g/mol. The molecule has 2 aromatic carbocycles. The Balaban J connectivity index is 2.19. The molecule has 0 spiro atoms. The van der Waals surface area contributed by atoms with Crippen LogP contribution in [0.5, 0.6) is 11.5 Å². The van der Waals surface area contributed by atoms with E-state index in [9.17, 15) is 0 Å². The second-order valence-electron chi connectivity index (χ2n) is 3.75.